The highest BCUT2D eigenvalue weighted by molar-refractivity contribution is 9.10. The second-order valence-electron chi connectivity index (χ2n) is 4.38. The van der Waals surface area contributed by atoms with E-state index in [-0.39, 0.29) is 6.04 Å². The van der Waals surface area contributed by atoms with Gasteiger partial charge in [0.15, 0.2) is 0 Å². The number of nitrogens with zero attached hydrogens (tertiary/aromatic N) is 3. The van der Waals surface area contributed by atoms with Crippen LogP contribution in [0.3, 0.4) is 0 Å². The Labute approximate surface area is 110 Å². The van der Waals surface area contributed by atoms with E-state index >= 15 is 0 Å². The lowest BCUT2D eigenvalue weighted by Gasteiger charge is -2.18. The fourth-order valence-electron chi connectivity index (χ4n) is 2.04. The Kier molecular flexibility index (Phi) is 3.83. The quantitative estimate of drug-likeness (QED) is 0.915. The lowest BCUT2D eigenvalue weighted by Crippen LogP contribution is -2.30. The van der Waals surface area contributed by atoms with Gasteiger partial charge in [0.25, 0.3) is 0 Å². The summed E-state index contributed by atoms with van der Waals surface area (Å²) in [6.07, 6.45) is 2.82. The molecule has 1 aromatic rings. The molecule has 0 bridgehead atoms. The SMILES string of the molecule is COc1nc(N2CCC(C(C)N)C2)ncc1Br. The predicted octanol–water partition coefficient (Wildman–Crippen LogP) is 1.42. The molecule has 1 aromatic heterocycles. The van der Waals surface area contributed by atoms with Gasteiger partial charge in [0.1, 0.15) is 0 Å². The molecule has 2 rings (SSSR count). The third-order valence-corrected chi connectivity index (χ3v) is 3.69. The summed E-state index contributed by atoms with van der Waals surface area (Å²) in [5.74, 6) is 1.81. The summed E-state index contributed by atoms with van der Waals surface area (Å²) in [6.45, 7) is 3.93. The molecular formula is C11H17BrN4O. The first-order valence-electron chi connectivity index (χ1n) is 5.69. The average molecular weight is 301 g/mol. The molecule has 1 fully saturated rings. The maximum atomic E-state index is 5.92. The zero-order valence-electron chi connectivity index (χ0n) is 10.1. The minimum atomic E-state index is 0.220. The molecule has 2 unspecified atom stereocenters. The molecule has 1 saturated heterocycles. The molecule has 0 aromatic carbocycles. The van der Waals surface area contributed by atoms with Gasteiger partial charge < -0.3 is 15.4 Å². The molecule has 6 heteroatoms. The lowest BCUT2D eigenvalue weighted by molar-refractivity contribution is 0.394. The zero-order chi connectivity index (χ0) is 12.4. The van der Waals surface area contributed by atoms with Crippen LogP contribution < -0.4 is 15.4 Å². The van der Waals surface area contributed by atoms with Crippen molar-refractivity contribution in [2.45, 2.75) is 19.4 Å². The number of halogens is 1. The number of rotatable bonds is 3. The van der Waals surface area contributed by atoms with Gasteiger partial charge in [-0.1, -0.05) is 0 Å². The van der Waals surface area contributed by atoms with Crippen molar-refractivity contribution in [3.8, 4) is 5.88 Å². The van der Waals surface area contributed by atoms with E-state index in [1.807, 2.05) is 0 Å². The molecule has 1 aliphatic heterocycles. The van der Waals surface area contributed by atoms with Crippen LogP contribution in [-0.4, -0.2) is 36.2 Å². The van der Waals surface area contributed by atoms with Crippen LogP contribution in [0.1, 0.15) is 13.3 Å². The molecule has 0 spiro atoms. The van der Waals surface area contributed by atoms with E-state index in [0.29, 0.717) is 17.7 Å². The second-order valence-corrected chi connectivity index (χ2v) is 5.24. The highest BCUT2D eigenvalue weighted by atomic mass is 79.9. The largest absolute Gasteiger partial charge is 0.480 e. The van der Waals surface area contributed by atoms with Crippen LogP contribution in [0.15, 0.2) is 10.7 Å². The maximum Gasteiger partial charge on any atom is 0.232 e. The second kappa shape index (κ2) is 5.18. The third-order valence-electron chi connectivity index (χ3n) is 3.14. The van der Waals surface area contributed by atoms with Crippen LogP contribution in [-0.2, 0) is 0 Å². The molecule has 0 aliphatic carbocycles. The first kappa shape index (κ1) is 12.6. The van der Waals surface area contributed by atoms with E-state index in [0.717, 1.165) is 24.0 Å². The van der Waals surface area contributed by atoms with E-state index in [4.69, 9.17) is 10.5 Å². The minimum Gasteiger partial charge on any atom is -0.480 e. The van der Waals surface area contributed by atoms with E-state index in [1.165, 1.54) is 0 Å². The molecule has 2 N–H and O–H groups in total. The summed E-state index contributed by atoms with van der Waals surface area (Å²) >= 11 is 3.35. The molecule has 2 heterocycles. The monoisotopic (exact) mass is 300 g/mol. The predicted molar refractivity (Wildman–Crippen MR) is 70.3 cm³/mol. The van der Waals surface area contributed by atoms with E-state index < -0.39 is 0 Å². The fraction of sp³-hybridized carbons (Fsp3) is 0.636. The molecule has 5 nitrogen and oxygen atoms in total. The number of hydrogen-bond acceptors (Lipinski definition) is 5. The van der Waals surface area contributed by atoms with Crippen LogP contribution in [0, 0.1) is 5.92 Å². The van der Waals surface area contributed by atoms with Gasteiger partial charge >= 0.3 is 0 Å². The molecule has 17 heavy (non-hydrogen) atoms. The first-order valence-corrected chi connectivity index (χ1v) is 6.48. The van der Waals surface area contributed by atoms with Crippen LogP contribution in [0.5, 0.6) is 5.88 Å². The summed E-state index contributed by atoms with van der Waals surface area (Å²) in [6, 6.07) is 0.220. The highest BCUT2D eigenvalue weighted by Gasteiger charge is 2.27. The molecule has 0 radical (unpaired) electrons. The van der Waals surface area contributed by atoms with E-state index in [2.05, 4.69) is 37.7 Å². The van der Waals surface area contributed by atoms with Crippen LogP contribution >= 0.6 is 15.9 Å². The van der Waals surface area contributed by atoms with Crippen LogP contribution in [0.4, 0.5) is 5.95 Å². The Bertz CT molecular complexity index is 399. The summed E-state index contributed by atoms with van der Waals surface area (Å²) in [7, 11) is 1.60. The topological polar surface area (TPSA) is 64.3 Å². The van der Waals surface area contributed by atoms with Crippen LogP contribution in [0.25, 0.3) is 0 Å². The van der Waals surface area contributed by atoms with Crippen molar-refractivity contribution < 1.29 is 4.74 Å². The summed E-state index contributed by atoms with van der Waals surface area (Å²) in [5, 5.41) is 0. The Morgan fingerprint density at radius 1 is 1.65 bits per heavy atom. The molecule has 1 aliphatic rings. The summed E-state index contributed by atoms with van der Waals surface area (Å²) in [4.78, 5) is 10.8. The van der Waals surface area contributed by atoms with Gasteiger partial charge in [-0.25, -0.2) is 4.98 Å². The van der Waals surface area contributed by atoms with Gasteiger partial charge in [-0.3, -0.25) is 0 Å². The Balaban J connectivity index is 2.13. The smallest absolute Gasteiger partial charge is 0.232 e. The molecule has 0 amide bonds. The zero-order valence-corrected chi connectivity index (χ0v) is 11.6. The van der Waals surface area contributed by atoms with Crippen LogP contribution in [0.2, 0.25) is 0 Å². The van der Waals surface area contributed by atoms with Crippen molar-refractivity contribution in [1.82, 2.24) is 9.97 Å². The van der Waals surface area contributed by atoms with Gasteiger partial charge in [0.05, 0.1) is 17.8 Å². The van der Waals surface area contributed by atoms with Crippen molar-refractivity contribution in [3.63, 3.8) is 0 Å². The number of methoxy groups -OCH3 is 1. The fourth-order valence-corrected chi connectivity index (χ4v) is 2.39. The summed E-state index contributed by atoms with van der Waals surface area (Å²) in [5.41, 5.74) is 5.92. The van der Waals surface area contributed by atoms with E-state index in [9.17, 15) is 0 Å². The molecule has 0 saturated carbocycles. The number of anilines is 1. The lowest BCUT2D eigenvalue weighted by atomic mass is 10.0. The summed E-state index contributed by atoms with van der Waals surface area (Å²) < 4.78 is 5.94. The van der Waals surface area contributed by atoms with E-state index in [1.54, 1.807) is 13.3 Å². The molecular weight excluding hydrogens is 284 g/mol. The highest BCUT2D eigenvalue weighted by Crippen LogP contribution is 2.27. The number of nitrogens with two attached hydrogens (primary N) is 1. The Morgan fingerprint density at radius 3 is 3.00 bits per heavy atom. The van der Waals surface area contributed by atoms with Crippen molar-refractivity contribution in [2.24, 2.45) is 11.7 Å². The minimum absolute atomic E-state index is 0.220. The van der Waals surface area contributed by atoms with Gasteiger partial charge in [-0.2, -0.15) is 4.98 Å². The number of ether oxygens (including phenoxy) is 1. The average Bonchev–Trinajstić information content (AvgIpc) is 2.79. The third kappa shape index (κ3) is 2.69. The van der Waals surface area contributed by atoms with Crippen molar-refractivity contribution in [2.75, 3.05) is 25.1 Å². The number of hydrogen-bond donors (Lipinski definition) is 1. The van der Waals surface area contributed by atoms with Gasteiger partial charge in [0.2, 0.25) is 11.8 Å². The molecule has 2 atom stereocenters. The van der Waals surface area contributed by atoms with Gasteiger partial charge in [0, 0.05) is 19.1 Å². The first-order chi connectivity index (χ1) is 8.11. The Morgan fingerprint density at radius 2 is 2.41 bits per heavy atom. The molecule has 94 valence electrons. The van der Waals surface area contributed by atoms with Crippen molar-refractivity contribution in [1.29, 1.82) is 0 Å². The van der Waals surface area contributed by atoms with Crippen molar-refractivity contribution >= 4 is 21.9 Å². The Hall–Kier alpha value is -0.880. The maximum absolute atomic E-state index is 5.92. The van der Waals surface area contributed by atoms with Crippen molar-refractivity contribution in [3.05, 3.63) is 10.7 Å². The van der Waals surface area contributed by atoms with Gasteiger partial charge in [-0.05, 0) is 35.2 Å². The standard InChI is InChI=1S/C11H17BrN4O/c1-7(13)8-3-4-16(6-8)11-14-5-9(12)10(15-11)17-2/h5,7-8H,3-4,6,13H2,1-2H3. The van der Waals surface area contributed by atoms with Gasteiger partial charge in [-0.15, -0.1) is 0 Å². The normalized spacial score (nSPS) is 21.6. The number of aromatic nitrogens is 2.